The predicted octanol–water partition coefficient (Wildman–Crippen LogP) is 3.05. The third-order valence-electron chi connectivity index (χ3n) is 4.30. The Balaban J connectivity index is 1.64. The highest BCUT2D eigenvalue weighted by molar-refractivity contribution is 5.80. The van der Waals surface area contributed by atoms with Crippen LogP contribution in [0.5, 0.6) is 11.5 Å². The lowest BCUT2D eigenvalue weighted by Crippen LogP contribution is -2.35. The molecule has 0 bridgehead atoms. The summed E-state index contributed by atoms with van der Waals surface area (Å²) in [4.78, 5) is 12.4. The molecule has 0 heterocycles. The van der Waals surface area contributed by atoms with Gasteiger partial charge in [0.2, 0.25) is 5.91 Å². The molecule has 1 N–H and O–H groups in total. The van der Waals surface area contributed by atoms with Crippen molar-refractivity contribution in [2.75, 3.05) is 14.2 Å². The van der Waals surface area contributed by atoms with Gasteiger partial charge in [-0.1, -0.05) is 24.3 Å². The maximum absolute atomic E-state index is 12.4. The third-order valence-corrected chi connectivity index (χ3v) is 4.30. The van der Waals surface area contributed by atoms with Gasteiger partial charge in [-0.2, -0.15) is 0 Å². The molecule has 0 atom stereocenters. The van der Waals surface area contributed by atoms with Gasteiger partial charge in [0.25, 0.3) is 0 Å². The summed E-state index contributed by atoms with van der Waals surface area (Å²) in [5, 5.41) is 3.19. The van der Waals surface area contributed by atoms with Crippen molar-refractivity contribution in [3.05, 3.63) is 59.7 Å². The van der Waals surface area contributed by atoms with Crippen LogP contribution >= 0.6 is 0 Å². The average molecular weight is 311 g/mol. The molecule has 2 aromatic carbocycles. The van der Waals surface area contributed by atoms with E-state index < -0.39 is 0 Å². The molecule has 0 radical (unpaired) electrons. The summed E-state index contributed by atoms with van der Waals surface area (Å²) in [5.74, 6) is 1.67. The standard InChI is InChI=1S/C19H21NO3/c1-22-16-7-3-14(4-8-16)13-18(21)20-19(11-12-19)15-5-9-17(23-2)10-6-15/h3-10H,11-13H2,1-2H3,(H,20,21). The van der Waals surface area contributed by atoms with Crippen LogP contribution in [-0.4, -0.2) is 20.1 Å². The monoisotopic (exact) mass is 311 g/mol. The number of nitrogens with one attached hydrogen (secondary N) is 1. The molecule has 2 aromatic rings. The van der Waals surface area contributed by atoms with Crippen LogP contribution in [0.4, 0.5) is 0 Å². The minimum atomic E-state index is -0.199. The van der Waals surface area contributed by atoms with Gasteiger partial charge in [-0.15, -0.1) is 0 Å². The van der Waals surface area contributed by atoms with Crippen LogP contribution in [0, 0.1) is 0 Å². The van der Waals surface area contributed by atoms with Gasteiger partial charge in [0.15, 0.2) is 0 Å². The molecule has 4 heteroatoms. The van der Waals surface area contributed by atoms with Crippen LogP contribution in [0.3, 0.4) is 0 Å². The number of methoxy groups -OCH3 is 2. The molecule has 4 nitrogen and oxygen atoms in total. The smallest absolute Gasteiger partial charge is 0.225 e. The Morgan fingerprint density at radius 3 is 1.96 bits per heavy atom. The lowest BCUT2D eigenvalue weighted by atomic mass is 10.0. The van der Waals surface area contributed by atoms with Gasteiger partial charge in [-0.3, -0.25) is 4.79 Å². The highest BCUT2D eigenvalue weighted by atomic mass is 16.5. The van der Waals surface area contributed by atoms with E-state index in [0.717, 1.165) is 35.5 Å². The molecule has 1 aliphatic rings. The summed E-state index contributed by atoms with van der Waals surface area (Å²) in [7, 11) is 3.28. The molecule has 1 amide bonds. The van der Waals surface area contributed by atoms with Crippen LogP contribution in [0.25, 0.3) is 0 Å². The quantitative estimate of drug-likeness (QED) is 0.892. The first-order chi connectivity index (χ1) is 11.1. The zero-order chi connectivity index (χ0) is 16.3. The van der Waals surface area contributed by atoms with E-state index in [1.807, 2.05) is 48.5 Å². The Labute approximate surface area is 136 Å². The highest BCUT2D eigenvalue weighted by Gasteiger charge is 2.45. The summed E-state index contributed by atoms with van der Waals surface area (Å²) in [6.07, 6.45) is 2.34. The van der Waals surface area contributed by atoms with Gasteiger partial charge in [0, 0.05) is 0 Å². The minimum absolute atomic E-state index is 0.0449. The molecule has 0 spiro atoms. The van der Waals surface area contributed by atoms with Gasteiger partial charge in [-0.05, 0) is 48.2 Å². The van der Waals surface area contributed by atoms with E-state index in [4.69, 9.17) is 9.47 Å². The second-order valence-corrected chi connectivity index (χ2v) is 5.88. The first kappa shape index (κ1) is 15.4. The van der Waals surface area contributed by atoms with Gasteiger partial charge in [0.1, 0.15) is 11.5 Å². The van der Waals surface area contributed by atoms with Gasteiger partial charge in [-0.25, -0.2) is 0 Å². The normalized spacial score (nSPS) is 14.9. The van der Waals surface area contributed by atoms with E-state index in [2.05, 4.69) is 5.32 Å². The van der Waals surface area contributed by atoms with Crippen molar-refractivity contribution in [2.24, 2.45) is 0 Å². The summed E-state index contributed by atoms with van der Waals surface area (Å²) >= 11 is 0. The Hall–Kier alpha value is -2.49. The van der Waals surface area contributed by atoms with E-state index in [9.17, 15) is 4.79 Å². The number of hydrogen-bond acceptors (Lipinski definition) is 3. The van der Waals surface area contributed by atoms with Crippen molar-refractivity contribution in [2.45, 2.75) is 24.8 Å². The topological polar surface area (TPSA) is 47.6 Å². The van der Waals surface area contributed by atoms with E-state index in [-0.39, 0.29) is 11.4 Å². The largest absolute Gasteiger partial charge is 0.497 e. The van der Waals surface area contributed by atoms with Gasteiger partial charge in [0.05, 0.1) is 26.2 Å². The molecule has 0 saturated heterocycles. The fourth-order valence-electron chi connectivity index (χ4n) is 2.76. The first-order valence-corrected chi connectivity index (χ1v) is 7.74. The lowest BCUT2D eigenvalue weighted by molar-refractivity contribution is -0.121. The Kier molecular flexibility index (Phi) is 4.24. The van der Waals surface area contributed by atoms with Crippen molar-refractivity contribution in [1.82, 2.24) is 5.32 Å². The van der Waals surface area contributed by atoms with Crippen molar-refractivity contribution < 1.29 is 14.3 Å². The van der Waals surface area contributed by atoms with E-state index in [0.29, 0.717) is 6.42 Å². The number of amides is 1. The van der Waals surface area contributed by atoms with Crippen molar-refractivity contribution in [1.29, 1.82) is 0 Å². The molecule has 0 aromatic heterocycles. The summed E-state index contributed by atoms with van der Waals surface area (Å²) < 4.78 is 10.3. The van der Waals surface area contributed by atoms with Gasteiger partial charge < -0.3 is 14.8 Å². The summed E-state index contributed by atoms with van der Waals surface area (Å²) in [5.41, 5.74) is 1.92. The lowest BCUT2D eigenvalue weighted by Gasteiger charge is -2.18. The van der Waals surface area contributed by atoms with E-state index in [1.54, 1.807) is 14.2 Å². The molecule has 1 saturated carbocycles. The molecule has 1 aliphatic carbocycles. The zero-order valence-corrected chi connectivity index (χ0v) is 13.5. The summed E-state index contributed by atoms with van der Waals surface area (Å²) in [6.45, 7) is 0. The Morgan fingerprint density at radius 2 is 1.48 bits per heavy atom. The van der Waals surface area contributed by atoms with E-state index in [1.165, 1.54) is 0 Å². The zero-order valence-electron chi connectivity index (χ0n) is 13.5. The van der Waals surface area contributed by atoms with Crippen LogP contribution < -0.4 is 14.8 Å². The van der Waals surface area contributed by atoms with Crippen LogP contribution in [-0.2, 0) is 16.8 Å². The second kappa shape index (κ2) is 6.32. The fourth-order valence-corrected chi connectivity index (χ4v) is 2.76. The maximum atomic E-state index is 12.4. The van der Waals surface area contributed by atoms with Crippen molar-refractivity contribution >= 4 is 5.91 Å². The van der Waals surface area contributed by atoms with Crippen LogP contribution in [0.1, 0.15) is 24.0 Å². The summed E-state index contributed by atoms with van der Waals surface area (Å²) in [6, 6.07) is 15.5. The van der Waals surface area contributed by atoms with Crippen molar-refractivity contribution in [3.63, 3.8) is 0 Å². The van der Waals surface area contributed by atoms with E-state index >= 15 is 0 Å². The second-order valence-electron chi connectivity index (χ2n) is 5.88. The SMILES string of the molecule is COc1ccc(CC(=O)NC2(c3ccc(OC)cc3)CC2)cc1. The molecule has 120 valence electrons. The average Bonchev–Trinajstić information content (AvgIpc) is 3.36. The molecule has 23 heavy (non-hydrogen) atoms. The molecule has 3 rings (SSSR count). The number of hydrogen-bond donors (Lipinski definition) is 1. The highest BCUT2D eigenvalue weighted by Crippen LogP contribution is 2.45. The number of carbonyl (C=O) groups excluding carboxylic acids is 1. The molecule has 1 fully saturated rings. The Bertz CT molecular complexity index is 673. The maximum Gasteiger partial charge on any atom is 0.225 e. The number of carbonyl (C=O) groups is 1. The van der Waals surface area contributed by atoms with Crippen LogP contribution in [0.15, 0.2) is 48.5 Å². The molecular weight excluding hydrogens is 290 g/mol. The third kappa shape index (κ3) is 3.47. The first-order valence-electron chi connectivity index (χ1n) is 7.74. The van der Waals surface area contributed by atoms with Crippen molar-refractivity contribution in [3.8, 4) is 11.5 Å². The fraction of sp³-hybridized carbons (Fsp3) is 0.316. The minimum Gasteiger partial charge on any atom is -0.497 e. The molecule has 0 aliphatic heterocycles. The molecule has 0 unspecified atom stereocenters. The Morgan fingerprint density at radius 1 is 0.957 bits per heavy atom. The number of ether oxygens (including phenoxy) is 2. The predicted molar refractivity (Wildman–Crippen MR) is 88.7 cm³/mol. The number of benzene rings is 2. The number of rotatable bonds is 6. The van der Waals surface area contributed by atoms with Gasteiger partial charge >= 0.3 is 0 Å². The van der Waals surface area contributed by atoms with Crippen LogP contribution in [0.2, 0.25) is 0 Å². The molecular formula is C19H21NO3.